The summed E-state index contributed by atoms with van der Waals surface area (Å²) in [5.74, 6) is -0.546. The molecule has 3 unspecified atom stereocenters. The SMILES string of the molecule is CCCCC/C=C\C/C=C\C/C=C\CCCCCCCCC(=O)OC(/C=C\CCCCCCCCCCCC)C(COP(=O)([O-])OCC[N+](C)(C)C)NC(=O)CCCCCCCCCCCCCCC/C=C/CCCCCCCC. The van der Waals surface area contributed by atoms with Gasteiger partial charge in [0.25, 0.3) is 7.82 Å². The smallest absolute Gasteiger partial charge is 0.306 e. The molecule has 0 aromatic carbocycles. The fourth-order valence-corrected chi connectivity index (χ4v) is 10.6. The van der Waals surface area contributed by atoms with Gasteiger partial charge in [-0.3, -0.25) is 14.2 Å². The summed E-state index contributed by atoms with van der Waals surface area (Å²) in [7, 11) is 1.18. The van der Waals surface area contributed by atoms with Gasteiger partial charge in [-0.15, -0.1) is 0 Å². The molecule has 0 saturated heterocycles. The van der Waals surface area contributed by atoms with E-state index >= 15 is 0 Å². The molecule has 0 aromatic heterocycles. The number of carbonyl (C=O) groups excluding carboxylic acids is 2. The minimum atomic E-state index is -4.71. The van der Waals surface area contributed by atoms with Crippen molar-refractivity contribution >= 4 is 19.7 Å². The van der Waals surface area contributed by atoms with Crippen LogP contribution >= 0.6 is 7.82 Å². The van der Waals surface area contributed by atoms with Gasteiger partial charge in [-0.1, -0.05) is 275 Å². The third kappa shape index (κ3) is 60.3. The Labute approximate surface area is 496 Å². The predicted octanol–water partition coefficient (Wildman–Crippen LogP) is 20.8. The van der Waals surface area contributed by atoms with Gasteiger partial charge < -0.3 is 28.5 Å². The Kier molecular flexibility index (Phi) is 58.1. The average molecular weight is 1140 g/mol. The lowest BCUT2D eigenvalue weighted by atomic mass is 10.0. The van der Waals surface area contributed by atoms with E-state index in [1.165, 1.54) is 205 Å². The number of amides is 1. The molecule has 0 heterocycles. The van der Waals surface area contributed by atoms with Crippen molar-refractivity contribution in [3.63, 3.8) is 0 Å². The zero-order valence-corrected chi connectivity index (χ0v) is 54.4. The van der Waals surface area contributed by atoms with Crippen LogP contribution in [-0.2, 0) is 27.9 Å². The monoisotopic (exact) mass is 1140 g/mol. The molecule has 468 valence electrons. The maximum atomic E-state index is 13.6. The van der Waals surface area contributed by atoms with Gasteiger partial charge in [-0.2, -0.15) is 0 Å². The van der Waals surface area contributed by atoms with Gasteiger partial charge in [0.15, 0.2) is 0 Å². The van der Waals surface area contributed by atoms with E-state index in [1.807, 2.05) is 33.3 Å². The molecule has 0 aliphatic carbocycles. The molecule has 0 bridgehead atoms. The number of unbranched alkanes of at least 4 members (excludes halogenated alkanes) is 38. The number of esters is 1. The van der Waals surface area contributed by atoms with Gasteiger partial charge in [0.2, 0.25) is 5.91 Å². The van der Waals surface area contributed by atoms with Crippen LogP contribution in [0.2, 0.25) is 0 Å². The second-order valence-electron chi connectivity index (χ2n) is 24.3. The highest BCUT2D eigenvalue weighted by atomic mass is 31.2. The molecular weight excluding hydrogens is 1010 g/mol. The Hall–Kier alpha value is -2.29. The highest BCUT2D eigenvalue weighted by Crippen LogP contribution is 2.38. The zero-order valence-electron chi connectivity index (χ0n) is 53.5. The molecule has 80 heavy (non-hydrogen) atoms. The standard InChI is InChI=1S/C70H131N2O7P/c1-7-10-13-16-19-22-25-28-30-32-34-35-36-37-39-40-42-44-47-50-53-56-59-62-69(73)71-67(66-78-80(75,76)77-65-64-72(4,5)6)68(61-58-55-52-49-46-27-24-21-18-15-12-9-3)79-70(74)63-60-57-54-51-48-45-43-41-38-33-31-29-26-23-20-17-14-11-8-2/h20,23,28-31,38,41,58,61,67-68H,7-19,21-22,24-27,32-37,39-40,42-57,59-60,62-66H2,1-6H3,(H-,71,73,75,76)/b23-20-,30-28+,31-29-,41-38-,61-58-. The summed E-state index contributed by atoms with van der Waals surface area (Å²) in [6.45, 7) is 6.83. The number of ether oxygens (including phenoxy) is 1. The van der Waals surface area contributed by atoms with Crippen LogP contribution < -0.4 is 10.2 Å². The van der Waals surface area contributed by atoms with Crippen LogP contribution in [0.5, 0.6) is 0 Å². The number of nitrogens with zero attached hydrogens (tertiary/aromatic N) is 1. The number of phosphoric ester groups is 1. The average Bonchev–Trinajstić information content (AvgIpc) is 3.43. The van der Waals surface area contributed by atoms with Gasteiger partial charge >= 0.3 is 5.97 Å². The first-order valence-electron chi connectivity index (χ1n) is 34.1. The fraction of sp³-hybridized carbons (Fsp3) is 0.829. The second-order valence-corrected chi connectivity index (χ2v) is 25.7. The molecule has 0 saturated carbocycles. The molecule has 0 rings (SSSR count). The van der Waals surface area contributed by atoms with E-state index in [-0.39, 0.29) is 24.9 Å². The molecule has 1 N–H and O–H groups in total. The fourth-order valence-electron chi connectivity index (χ4n) is 9.88. The number of hydrogen-bond donors (Lipinski definition) is 1. The second kappa shape index (κ2) is 59.9. The quantitative estimate of drug-likeness (QED) is 0.0212. The zero-order chi connectivity index (χ0) is 58.6. The topological polar surface area (TPSA) is 114 Å². The number of allylic oxidation sites excluding steroid dienone is 9. The molecule has 3 atom stereocenters. The van der Waals surface area contributed by atoms with Crippen LogP contribution in [0.1, 0.15) is 323 Å². The van der Waals surface area contributed by atoms with Crippen LogP contribution in [0.4, 0.5) is 0 Å². The Morgan fingerprint density at radius 3 is 1.18 bits per heavy atom. The molecule has 0 aliphatic rings. The van der Waals surface area contributed by atoms with E-state index in [4.69, 9.17) is 13.8 Å². The molecular formula is C70H131N2O7P. The van der Waals surface area contributed by atoms with Crippen molar-refractivity contribution in [3.8, 4) is 0 Å². The first-order valence-corrected chi connectivity index (χ1v) is 35.6. The third-order valence-electron chi connectivity index (χ3n) is 15.2. The minimum Gasteiger partial charge on any atom is -0.756 e. The molecule has 1 amide bonds. The summed E-state index contributed by atoms with van der Waals surface area (Å²) in [6.07, 6.45) is 76.2. The molecule has 0 aliphatic heterocycles. The Morgan fingerprint density at radius 2 is 0.762 bits per heavy atom. The van der Waals surface area contributed by atoms with Gasteiger partial charge in [-0.25, -0.2) is 0 Å². The number of phosphoric acid groups is 1. The summed E-state index contributed by atoms with van der Waals surface area (Å²) in [4.78, 5) is 40.1. The lowest BCUT2D eigenvalue weighted by Gasteiger charge is -2.30. The van der Waals surface area contributed by atoms with Crippen LogP contribution in [0, 0.1) is 0 Å². The van der Waals surface area contributed by atoms with E-state index in [1.54, 1.807) is 0 Å². The largest absolute Gasteiger partial charge is 0.756 e. The number of hydrogen-bond acceptors (Lipinski definition) is 7. The van der Waals surface area contributed by atoms with Crippen molar-refractivity contribution in [2.75, 3.05) is 40.9 Å². The van der Waals surface area contributed by atoms with Crippen molar-refractivity contribution < 1.29 is 37.3 Å². The van der Waals surface area contributed by atoms with Crippen molar-refractivity contribution in [1.82, 2.24) is 5.32 Å². The number of quaternary nitrogens is 1. The molecule has 0 spiro atoms. The number of carbonyl (C=O) groups is 2. The van der Waals surface area contributed by atoms with Gasteiger partial charge in [0.1, 0.15) is 19.3 Å². The van der Waals surface area contributed by atoms with E-state index in [0.717, 1.165) is 83.5 Å². The van der Waals surface area contributed by atoms with E-state index in [2.05, 4.69) is 74.7 Å². The lowest BCUT2D eigenvalue weighted by Crippen LogP contribution is -2.47. The van der Waals surface area contributed by atoms with Crippen molar-refractivity contribution in [1.29, 1.82) is 0 Å². The van der Waals surface area contributed by atoms with Crippen molar-refractivity contribution in [2.45, 2.75) is 335 Å². The van der Waals surface area contributed by atoms with E-state index in [0.29, 0.717) is 17.4 Å². The van der Waals surface area contributed by atoms with Gasteiger partial charge in [0.05, 0.1) is 33.8 Å². The van der Waals surface area contributed by atoms with Crippen LogP contribution in [-0.4, -0.2) is 69.4 Å². The molecule has 0 aromatic rings. The van der Waals surface area contributed by atoms with Gasteiger partial charge in [0, 0.05) is 12.8 Å². The minimum absolute atomic E-state index is 0.0248. The summed E-state index contributed by atoms with van der Waals surface area (Å²) in [5, 5.41) is 3.04. The number of nitrogens with one attached hydrogen (secondary N) is 1. The van der Waals surface area contributed by atoms with Crippen LogP contribution in [0.25, 0.3) is 0 Å². The highest BCUT2D eigenvalue weighted by molar-refractivity contribution is 7.45. The van der Waals surface area contributed by atoms with Gasteiger partial charge in [-0.05, 0) is 96.0 Å². The Balaban J connectivity index is 5.14. The molecule has 9 nitrogen and oxygen atoms in total. The van der Waals surface area contributed by atoms with Crippen LogP contribution in [0.15, 0.2) is 60.8 Å². The summed E-state index contributed by atoms with van der Waals surface area (Å²) >= 11 is 0. The maximum absolute atomic E-state index is 13.6. The molecule has 0 fully saturated rings. The third-order valence-corrected chi connectivity index (χ3v) is 16.1. The summed E-state index contributed by atoms with van der Waals surface area (Å²) in [5.41, 5.74) is 0. The van der Waals surface area contributed by atoms with Crippen molar-refractivity contribution in [2.24, 2.45) is 0 Å². The Morgan fingerprint density at radius 1 is 0.438 bits per heavy atom. The first-order chi connectivity index (χ1) is 38.9. The first kappa shape index (κ1) is 77.7. The summed E-state index contributed by atoms with van der Waals surface area (Å²) in [6, 6.07) is -0.895. The van der Waals surface area contributed by atoms with Crippen LogP contribution in [0.3, 0.4) is 0 Å². The highest BCUT2D eigenvalue weighted by Gasteiger charge is 2.27. The molecule has 10 heteroatoms. The maximum Gasteiger partial charge on any atom is 0.306 e. The number of likely N-dealkylation sites (N-methyl/N-ethyl adjacent to an activating group) is 1. The predicted molar refractivity (Wildman–Crippen MR) is 344 cm³/mol. The normalized spacial score (nSPS) is 13.9. The lowest BCUT2D eigenvalue weighted by molar-refractivity contribution is -0.870. The van der Waals surface area contributed by atoms with E-state index in [9.17, 15) is 19.0 Å². The number of rotatable bonds is 62. The molecule has 0 radical (unpaired) electrons. The summed E-state index contributed by atoms with van der Waals surface area (Å²) < 4.78 is 30.4. The van der Waals surface area contributed by atoms with E-state index < -0.39 is 26.6 Å². The van der Waals surface area contributed by atoms with Crippen molar-refractivity contribution in [3.05, 3.63) is 60.8 Å². The Bertz CT molecular complexity index is 1550.